The van der Waals surface area contributed by atoms with Gasteiger partial charge >= 0.3 is 6.09 Å². The fourth-order valence-electron chi connectivity index (χ4n) is 4.52. The Kier molecular flexibility index (Phi) is 10.9. The summed E-state index contributed by atoms with van der Waals surface area (Å²) in [6, 6.07) is 27.5. The molecule has 0 aliphatic heterocycles. The first-order chi connectivity index (χ1) is 20.5. The van der Waals surface area contributed by atoms with E-state index in [2.05, 4.69) is 10.6 Å². The summed E-state index contributed by atoms with van der Waals surface area (Å²) in [5.41, 5.74) is 8.20. The van der Waals surface area contributed by atoms with E-state index in [0.29, 0.717) is 41.2 Å². The minimum absolute atomic E-state index is 0.130. The first kappa shape index (κ1) is 30.1. The van der Waals surface area contributed by atoms with Gasteiger partial charge in [0.2, 0.25) is 5.91 Å². The molecule has 0 spiro atoms. The Balaban J connectivity index is 1.48. The normalized spacial score (nSPS) is 12.5. The van der Waals surface area contributed by atoms with Gasteiger partial charge in [0.1, 0.15) is 12.4 Å². The Bertz CT molecular complexity index is 1520. The molecule has 4 rings (SSSR count). The van der Waals surface area contributed by atoms with Gasteiger partial charge in [-0.3, -0.25) is 10.1 Å². The molecule has 2 atom stereocenters. The van der Waals surface area contributed by atoms with E-state index in [4.69, 9.17) is 25.1 Å². The molecule has 9 heteroatoms. The van der Waals surface area contributed by atoms with Crippen LogP contribution in [0.3, 0.4) is 0 Å². The van der Waals surface area contributed by atoms with E-state index in [0.717, 1.165) is 10.8 Å². The molecule has 0 saturated heterocycles. The summed E-state index contributed by atoms with van der Waals surface area (Å²) in [6.45, 7) is 0.000802. The van der Waals surface area contributed by atoms with Crippen molar-refractivity contribution in [3.8, 4) is 5.75 Å². The van der Waals surface area contributed by atoms with Crippen LogP contribution in [0.15, 0.2) is 103 Å². The molecule has 0 unspecified atom stereocenters. The Hall–Kier alpha value is -4.86. The monoisotopic (exact) mass is 569 g/mol. The Morgan fingerprint density at radius 1 is 0.929 bits per heavy atom. The number of aliphatic hydroxyl groups is 1. The lowest BCUT2D eigenvalue weighted by Crippen LogP contribution is -2.28. The van der Waals surface area contributed by atoms with Gasteiger partial charge in [0.15, 0.2) is 6.10 Å². The van der Waals surface area contributed by atoms with Crippen LogP contribution in [-0.2, 0) is 14.3 Å². The molecule has 0 aliphatic carbocycles. The van der Waals surface area contributed by atoms with E-state index in [1.165, 1.54) is 6.08 Å². The van der Waals surface area contributed by atoms with Crippen LogP contribution < -0.4 is 21.1 Å². The summed E-state index contributed by atoms with van der Waals surface area (Å²) in [4.78, 5) is 25.6. The molecule has 9 nitrogen and oxygen atoms in total. The highest BCUT2D eigenvalue weighted by atomic mass is 16.6. The number of methoxy groups -OCH3 is 1. The van der Waals surface area contributed by atoms with Gasteiger partial charge in [0.05, 0.1) is 29.8 Å². The van der Waals surface area contributed by atoms with Crippen LogP contribution in [-0.4, -0.2) is 43.5 Å². The molecule has 4 aromatic rings. The van der Waals surface area contributed by atoms with Gasteiger partial charge in [-0.25, -0.2) is 4.79 Å². The highest BCUT2D eigenvalue weighted by Gasteiger charge is 2.27. The molecule has 4 aromatic carbocycles. The van der Waals surface area contributed by atoms with Crippen LogP contribution in [0.25, 0.3) is 10.8 Å². The largest absolute Gasteiger partial charge is 0.491 e. The van der Waals surface area contributed by atoms with Crippen molar-refractivity contribution in [1.29, 1.82) is 0 Å². The quantitative estimate of drug-likeness (QED) is 0.113. The molecule has 5 N–H and O–H groups in total. The van der Waals surface area contributed by atoms with Crippen LogP contribution in [0.4, 0.5) is 21.9 Å². The number of carbonyl (C=O) groups is 2. The number of aliphatic hydroxyl groups excluding tert-OH is 1. The van der Waals surface area contributed by atoms with Crippen molar-refractivity contribution in [1.82, 2.24) is 0 Å². The fourth-order valence-corrected chi connectivity index (χ4v) is 4.52. The zero-order valence-corrected chi connectivity index (χ0v) is 23.4. The Labute approximate surface area is 244 Å². The van der Waals surface area contributed by atoms with Crippen molar-refractivity contribution in [2.24, 2.45) is 0 Å². The Morgan fingerprint density at radius 3 is 2.48 bits per heavy atom. The predicted molar refractivity (Wildman–Crippen MR) is 164 cm³/mol. The fraction of sp³-hybridized carbons (Fsp3) is 0.212. The number of amides is 2. The summed E-state index contributed by atoms with van der Waals surface area (Å²) in [5, 5.41) is 16.7. The standard InChI is InChI=1S/C33H35N3O6/c1-40-30(18-6-7-19-31(38)35-29-16-5-4-15-27(29)34)32(24-12-8-13-25(22-24)41-21-20-37)42-33(39)36-28-17-9-11-23-10-2-3-14-26(23)28/h2-5,7-17,19,22,30,32,37H,6,18,20-21,34H2,1H3,(H,35,38)(H,36,39)/b19-7+/t30-,32-/m0/s1. The second-order valence-electron chi connectivity index (χ2n) is 9.45. The van der Waals surface area contributed by atoms with Gasteiger partial charge in [-0.15, -0.1) is 0 Å². The molecule has 0 aliphatic rings. The van der Waals surface area contributed by atoms with Crippen molar-refractivity contribution in [3.05, 3.63) is 109 Å². The highest BCUT2D eigenvalue weighted by Crippen LogP contribution is 2.30. The minimum Gasteiger partial charge on any atom is -0.491 e. The number of carbonyl (C=O) groups excluding carboxylic acids is 2. The van der Waals surface area contributed by atoms with Crippen molar-refractivity contribution in [2.75, 3.05) is 36.7 Å². The van der Waals surface area contributed by atoms with Gasteiger partial charge in [-0.2, -0.15) is 0 Å². The van der Waals surface area contributed by atoms with E-state index >= 15 is 0 Å². The molecule has 0 heterocycles. The maximum atomic E-state index is 13.2. The third-order valence-electron chi connectivity index (χ3n) is 6.55. The summed E-state index contributed by atoms with van der Waals surface area (Å²) in [6.07, 6.45) is 2.10. The van der Waals surface area contributed by atoms with E-state index in [9.17, 15) is 9.59 Å². The zero-order valence-electron chi connectivity index (χ0n) is 23.4. The predicted octanol–water partition coefficient (Wildman–Crippen LogP) is 6.07. The second-order valence-corrected chi connectivity index (χ2v) is 9.45. The number of rotatable bonds is 13. The molecule has 0 saturated carbocycles. The number of para-hydroxylation sites is 2. The van der Waals surface area contributed by atoms with Gasteiger partial charge in [-0.05, 0) is 60.2 Å². The molecule has 0 radical (unpaired) electrons. The van der Waals surface area contributed by atoms with E-state index in [-0.39, 0.29) is 19.1 Å². The van der Waals surface area contributed by atoms with Crippen molar-refractivity contribution >= 4 is 39.8 Å². The number of hydrogen-bond acceptors (Lipinski definition) is 7. The highest BCUT2D eigenvalue weighted by molar-refractivity contribution is 6.01. The van der Waals surface area contributed by atoms with Gasteiger partial charge in [0, 0.05) is 12.5 Å². The summed E-state index contributed by atoms with van der Waals surface area (Å²) >= 11 is 0. The minimum atomic E-state index is -0.797. The molecule has 42 heavy (non-hydrogen) atoms. The number of nitrogens with two attached hydrogens (primary N) is 1. The molecule has 2 amide bonds. The van der Waals surface area contributed by atoms with E-state index in [1.807, 2.05) is 48.5 Å². The summed E-state index contributed by atoms with van der Waals surface area (Å²) in [7, 11) is 1.55. The number of nitrogens with one attached hydrogen (secondary N) is 2. The van der Waals surface area contributed by atoms with Gasteiger partial charge in [0.25, 0.3) is 0 Å². The van der Waals surface area contributed by atoms with Crippen molar-refractivity contribution in [2.45, 2.75) is 25.0 Å². The lowest BCUT2D eigenvalue weighted by molar-refractivity contribution is -0.111. The maximum absolute atomic E-state index is 13.2. The first-order valence-corrected chi connectivity index (χ1v) is 13.6. The van der Waals surface area contributed by atoms with Crippen LogP contribution in [0.1, 0.15) is 24.5 Å². The van der Waals surface area contributed by atoms with Gasteiger partial charge in [-0.1, -0.05) is 66.7 Å². The third-order valence-corrected chi connectivity index (χ3v) is 6.55. The van der Waals surface area contributed by atoms with Crippen molar-refractivity contribution < 1.29 is 28.9 Å². The third kappa shape index (κ3) is 8.33. The van der Waals surface area contributed by atoms with E-state index in [1.54, 1.807) is 55.7 Å². The van der Waals surface area contributed by atoms with E-state index < -0.39 is 18.3 Å². The SMILES string of the molecule is CO[C@@H](CC/C=C/C(=O)Nc1ccccc1N)[C@@H](OC(=O)Nc1cccc2ccccc12)c1cccc(OCCO)c1. The number of benzene rings is 4. The summed E-state index contributed by atoms with van der Waals surface area (Å²) < 4.78 is 17.3. The number of nitrogen functional groups attached to an aromatic ring is 1. The Morgan fingerprint density at radius 2 is 1.67 bits per heavy atom. The van der Waals surface area contributed by atoms with Crippen LogP contribution >= 0.6 is 0 Å². The van der Waals surface area contributed by atoms with Crippen LogP contribution in [0, 0.1) is 0 Å². The number of ether oxygens (including phenoxy) is 3. The average molecular weight is 570 g/mol. The van der Waals surface area contributed by atoms with Crippen LogP contribution in [0.2, 0.25) is 0 Å². The first-order valence-electron chi connectivity index (χ1n) is 13.6. The molecular weight excluding hydrogens is 534 g/mol. The number of allylic oxidation sites excluding steroid dienone is 1. The average Bonchev–Trinajstić information content (AvgIpc) is 3.00. The molecule has 218 valence electrons. The number of fused-ring (bicyclic) bond motifs is 1. The molecule has 0 bridgehead atoms. The van der Waals surface area contributed by atoms with Gasteiger partial charge < -0.3 is 30.4 Å². The smallest absolute Gasteiger partial charge is 0.412 e. The number of hydrogen-bond donors (Lipinski definition) is 4. The molecular formula is C33H35N3O6. The topological polar surface area (TPSA) is 132 Å². The molecule has 0 aromatic heterocycles. The summed E-state index contributed by atoms with van der Waals surface area (Å²) in [5.74, 6) is 0.217. The lowest BCUT2D eigenvalue weighted by Gasteiger charge is -2.27. The lowest BCUT2D eigenvalue weighted by atomic mass is 10.00. The van der Waals surface area contributed by atoms with Crippen LogP contribution in [0.5, 0.6) is 5.75 Å². The molecule has 0 fully saturated rings. The zero-order chi connectivity index (χ0) is 29.7. The maximum Gasteiger partial charge on any atom is 0.412 e. The van der Waals surface area contributed by atoms with Crippen molar-refractivity contribution in [3.63, 3.8) is 0 Å². The number of anilines is 3. The second kappa shape index (κ2) is 15.2.